The van der Waals surface area contributed by atoms with Crippen molar-refractivity contribution >= 4 is 37.0 Å². The van der Waals surface area contributed by atoms with Gasteiger partial charge in [0.2, 0.25) is 31.8 Å². The molecule has 14 nitrogen and oxygen atoms in total. The number of primary sulfonamides is 1. The van der Waals surface area contributed by atoms with Crippen LogP contribution in [0.5, 0.6) is 0 Å². The highest BCUT2D eigenvalue weighted by atomic mass is 32.2. The molecule has 0 saturated carbocycles. The van der Waals surface area contributed by atoms with E-state index in [0.717, 1.165) is 0 Å². The topological polar surface area (TPSA) is 217 Å². The van der Waals surface area contributed by atoms with Gasteiger partial charge in [-0.3, -0.25) is 0 Å². The summed E-state index contributed by atoms with van der Waals surface area (Å²) in [5, 5.41) is 22.3. The number of benzene rings is 2. The fourth-order valence-electron chi connectivity index (χ4n) is 4.26. The van der Waals surface area contributed by atoms with E-state index in [4.69, 9.17) is 10.9 Å². The molecule has 184 valence electrons. The molecular weight excluding hydrogens is 496 g/mol. The molecule has 1 fully saturated rings. The molecule has 16 heteroatoms. The van der Waals surface area contributed by atoms with Gasteiger partial charge in [0.15, 0.2) is 0 Å². The first-order chi connectivity index (χ1) is 16.6. The molecule has 0 spiro atoms. The van der Waals surface area contributed by atoms with Crippen LogP contribution in [0.2, 0.25) is 0 Å². The van der Waals surface area contributed by atoms with Crippen LogP contribution in [0.1, 0.15) is 6.42 Å². The van der Waals surface area contributed by atoms with E-state index in [1.807, 2.05) is 0 Å². The number of fused-ring (bicyclic) bond motifs is 1. The van der Waals surface area contributed by atoms with Crippen LogP contribution in [0.15, 0.2) is 40.1 Å². The molecule has 1 aliphatic heterocycles. The molecule has 0 bridgehead atoms. The van der Waals surface area contributed by atoms with E-state index in [-0.39, 0.29) is 17.3 Å². The smallest absolute Gasteiger partial charge is 0.242 e. The van der Waals surface area contributed by atoms with Gasteiger partial charge in [-0.1, -0.05) is 18.2 Å². The minimum absolute atomic E-state index is 0.120. The van der Waals surface area contributed by atoms with Crippen molar-refractivity contribution in [3.05, 3.63) is 30.3 Å². The average molecular weight is 519 g/mol. The molecule has 5 rings (SSSR count). The van der Waals surface area contributed by atoms with Crippen molar-refractivity contribution in [3.63, 3.8) is 0 Å². The van der Waals surface area contributed by atoms with E-state index in [0.29, 0.717) is 41.7 Å². The van der Waals surface area contributed by atoms with E-state index in [9.17, 15) is 16.8 Å². The number of sulfonamides is 2. The number of nitrogens with one attached hydrogen (secondary N) is 3. The predicted molar refractivity (Wildman–Crippen MR) is 127 cm³/mol. The molecule has 2 aromatic carbocycles. The molecule has 4 aromatic rings. The van der Waals surface area contributed by atoms with Crippen molar-refractivity contribution in [3.8, 4) is 22.5 Å². The molecule has 0 amide bonds. The quantitative estimate of drug-likeness (QED) is 0.216. The number of para-hydroxylation sites is 1. The minimum Gasteiger partial charge on any atom is -0.369 e. The maximum atomic E-state index is 13.3. The number of rotatable bonds is 6. The maximum absolute atomic E-state index is 13.3. The molecule has 35 heavy (non-hydrogen) atoms. The van der Waals surface area contributed by atoms with Gasteiger partial charge in [0.1, 0.15) is 9.79 Å². The summed E-state index contributed by atoms with van der Waals surface area (Å²) in [7, 11) is -7.15. The number of aromatic nitrogens is 6. The molecule has 3 heterocycles. The van der Waals surface area contributed by atoms with Gasteiger partial charge >= 0.3 is 0 Å². The molecule has 1 aliphatic rings. The first-order valence-corrected chi connectivity index (χ1v) is 13.5. The van der Waals surface area contributed by atoms with Crippen molar-refractivity contribution in [1.29, 1.82) is 0 Å². The number of aromatic amines is 1. The Balaban J connectivity index is 1.84. The van der Waals surface area contributed by atoms with E-state index < -0.39 is 35.9 Å². The third kappa shape index (κ3) is 4.04. The molecular formula is C19H22N10O4S2. The monoisotopic (exact) mass is 518 g/mol. The summed E-state index contributed by atoms with van der Waals surface area (Å²) in [5.41, 5.74) is 7.81. The predicted octanol–water partition coefficient (Wildman–Crippen LogP) is -0.710. The second-order valence-corrected chi connectivity index (χ2v) is 11.3. The lowest BCUT2D eigenvalue weighted by Gasteiger charge is -2.18. The summed E-state index contributed by atoms with van der Waals surface area (Å²) in [4.78, 5) is 3.25. The first-order valence-electron chi connectivity index (χ1n) is 10.5. The van der Waals surface area contributed by atoms with E-state index in [1.54, 1.807) is 29.8 Å². The molecule has 7 N–H and O–H groups in total. The van der Waals surface area contributed by atoms with E-state index in [2.05, 4.69) is 35.6 Å². The van der Waals surface area contributed by atoms with Crippen LogP contribution in [-0.2, 0) is 27.1 Å². The SMILES string of the molecule is Cn1c(N)nc2c(-c3ccc(S(=O)(=O)N[C@@H]4CCNC4)c(S(N)(=O)=O)c3-c3nn[nH]n3)cccc21. The Morgan fingerprint density at radius 3 is 2.60 bits per heavy atom. The van der Waals surface area contributed by atoms with Crippen LogP contribution in [-0.4, -0.2) is 66.1 Å². The highest BCUT2D eigenvalue weighted by molar-refractivity contribution is 7.92. The van der Waals surface area contributed by atoms with Gasteiger partial charge in [0.05, 0.1) is 16.6 Å². The van der Waals surface area contributed by atoms with Gasteiger partial charge in [0.25, 0.3) is 0 Å². The number of nitrogens with two attached hydrogens (primary N) is 2. The fraction of sp³-hybridized carbons (Fsp3) is 0.263. The maximum Gasteiger partial charge on any atom is 0.242 e. The van der Waals surface area contributed by atoms with Crippen molar-refractivity contribution in [2.45, 2.75) is 22.3 Å². The van der Waals surface area contributed by atoms with Gasteiger partial charge in [0, 0.05) is 25.2 Å². The Hall–Kier alpha value is -3.44. The van der Waals surface area contributed by atoms with Gasteiger partial charge < -0.3 is 15.6 Å². The van der Waals surface area contributed by atoms with Crippen LogP contribution >= 0.6 is 0 Å². The lowest BCUT2D eigenvalue weighted by Crippen LogP contribution is -2.37. The van der Waals surface area contributed by atoms with E-state index in [1.165, 1.54) is 12.1 Å². The van der Waals surface area contributed by atoms with Crippen LogP contribution in [0.3, 0.4) is 0 Å². The van der Waals surface area contributed by atoms with Gasteiger partial charge in [-0.2, -0.15) is 5.21 Å². The summed E-state index contributed by atoms with van der Waals surface area (Å²) in [5.74, 6) is 0.0957. The van der Waals surface area contributed by atoms with Crippen molar-refractivity contribution in [2.75, 3.05) is 18.8 Å². The number of aryl methyl sites for hydroxylation is 1. The average Bonchev–Trinajstić information content (AvgIpc) is 3.55. The lowest BCUT2D eigenvalue weighted by molar-refractivity contribution is 0.555. The summed E-state index contributed by atoms with van der Waals surface area (Å²) < 4.78 is 56.7. The number of imidazole rings is 1. The zero-order chi connectivity index (χ0) is 25.0. The number of nitrogens with zero attached hydrogens (tertiary/aromatic N) is 5. The highest BCUT2D eigenvalue weighted by Crippen LogP contribution is 2.41. The van der Waals surface area contributed by atoms with Crippen LogP contribution in [0.25, 0.3) is 33.5 Å². The summed E-state index contributed by atoms with van der Waals surface area (Å²) in [6.07, 6.45) is 0.558. The number of hydrogen-bond acceptors (Lipinski definition) is 10. The molecule has 1 atom stereocenters. The number of tetrazole rings is 1. The number of H-pyrrole nitrogens is 1. The summed E-state index contributed by atoms with van der Waals surface area (Å²) in [6.45, 7) is 1.06. The first kappa shape index (κ1) is 23.3. The van der Waals surface area contributed by atoms with Gasteiger partial charge in [-0.15, -0.1) is 10.2 Å². The Morgan fingerprint density at radius 2 is 1.94 bits per heavy atom. The van der Waals surface area contributed by atoms with Crippen LogP contribution in [0, 0.1) is 0 Å². The lowest BCUT2D eigenvalue weighted by atomic mass is 9.98. The zero-order valence-electron chi connectivity index (χ0n) is 18.4. The number of nitrogen functional groups attached to an aromatic ring is 1. The standard InChI is InChI=1S/C19H22N10O4S2/c1-29-13-4-2-3-12(16(13)23-19(29)20)11-5-6-14(35(32,33)26-10-7-8-22-9-10)17(34(21,30)31)15(11)18-24-27-28-25-18/h2-6,10,22,26H,7-9H2,1H3,(H2,20,23)(H2,21,30,31)(H,24,25,27,28)/t10-/m1/s1. The molecule has 1 saturated heterocycles. The Labute approximate surface area is 200 Å². The van der Waals surface area contributed by atoms with Crippen molar-refractivity contribution < 1.29 is 16.8 Å². The molecule has 2 aromatic heterocycles. The second kappa shape index (κ2) is 8.35. The van der Waals surface area contributed by atoms with Crippen molar-refractivity contribution in [2.24, 2.45) is 12.2 Å². The fourth-order valence-corrected chi connectivity index (χ4v) is 7.13. The van der Waals surface area contributed by atoms with Crippen LogP contribution in [0.4, 0.5) is 5.95 Å². The molecule has 0 unspecified atom stereocenters. The Kier molecular flexibility index (Phi) is 5.56. The van der Waals surface area contributed by atoms with E-state index >= 15 is 0 Å². The third-order valence-corrected chi connectivity index (χ3v) is 8.57. The Bertz CT molecular complexity index is 1640. The van der Waals surface area contributed by atoms with Gasteiger partial charge in [-0.25, -0.2) is 31.7 Å². The summed E-state index contributed by atoms with van der Waals surface area (Å²) >= 11 is 0. The highest BCUT2D eigenvalue weighted by Gasteiger charge is 2.34. The molecule has 0 aliphatic carbocycles. The van der Waals surface area contributed by atoms with Crippen molar-refractivity contribution in [1.82, 2.24) is 40.2 Å². The Morgan fingerprint density at radius 1 is 1.14 bits per heavy atom. The van der Waals surface area contributed by atoms with Gasteiger partial charge in [-0.05, 0) is 35.9 Å². The normalized spacial score (nSPS) is 16.8. The largest absolute Gasteiger partial charge is 0.369 e. The third-order valence-electron chi connectivity index (χ3n) is 5.88. The number of anilines is 1. The molecule has 0 radical (unpaired) electrons. The minimum atomic E-state index is -4.60. The second-order valence-electron chi connectivity index (χ2n) is 8.11. The van der Waals surface area contributed by atoms with Crippen LogP contribution < -0.4 is 20.9 Å². The summed E-state index contributed by atoms with van der Waals surface area (Å²) in [6, 6.07) is 7.53. The number of hydrogen-bond donors (Lipinski definition) is 5. The zero-order valence-corrected chi connectivity index (χ0v) is 20.1.